The van der Waals surface area contributed by atoms with Crippen molar-refractivity contribution in [1.29, 1.82) is 0 Å². The Labute approximate surface area is 119 Å². The van der Waals surface area contributed by atoms with Crippen LogP contribution >= 0.6 is 0 Å². The van der Waals surface area contributed by atoms with Gasteiger partial charge >= 0.3 is 0 Å². The molecule has 114 valence electrons. The minimum atomic E-state index is 0.216. The zero-order valence-electron chi connectivity index (χ0n) is 13.5. The third kappa shape index (κ3) is 5.05. The molecule has 0 spiro atoms. The Morgan fingerprint density at radius 2 is 2.05 bits per heavy atom. The predicted octanol–water partition coefficient (Wildman–Crippen LogP) is 2.89. The van der Waals surface area contributed by atoms with Gasteiger partial charge in [0.1, 0.15) is 0 Å². The molecule has 1 aliphatic rings. The summed E-state index contributed by atoms with van der Waals surface area (Å²) in [6, 6.07) is 0. The van der Waals surface area contributed by atoms with Gasteiger partial charge in [0.15, 0.2) is 0 Å². The third-order valence-electron chi connectivity index (χ3n) is 4.64. The maximum absolute atomic E-state index is 6.22. The lowest BCUT2D eigenvalue weighted by Gasteiger charge is -2.44. The second-order valence-corrected chi connectivity index (χ2v) is 6.80. The molecule has 0 aromatic heterocycles. The Morgan fingerprint density at radius 3 is 2.63 bits per heavy atom. The molecule has 2 atom stereocenters. The van der Waals surface area contributed by atoms with Gasteiger partial charge in [-0.05, 0) is 31.1 Å². The monoisotopic (exact) mass is 270 g/mol. The summed E-state index contributed by atoms with van der Waals surface area (Å²) in [5.74, 6) is 1.54. The first-order valence-corrected chi connectivity index (χ1v) is 7.98. The van der Waals surface area contributed by atoms with Crippen LogP contribution in [0.4, 0.5) is 0 Å². The Bertz CT molecular complexity index is 245. The summed E-state index contributed by atoms with van der Waals surface area (Å²) in [7, 11) is 1.79. The molecule has 0 amide bonds. The van der Waals surface area contributed by atoms with Crippen LogP contribution in [0.25, 0.3) is 0 Å². The summed E-state index contributed by atoms with van der Waals surface area (Å²) in [6.45, 7) is 10.7. The topological polar surface area (TPSA) is 38.5 Å². The zero-order chi connectivity index (χ0) is 14.3. The van der Waals surface area contributed by atoms with Gasteiger partial charge in [0.05, 0.1) is 6.61 Å². The fourth-order valence-corrected chi connectivity index (χ4v) is 3.38. The number of nitrogens with two attached hydrogens (primary N) is 1. The van der Waals surface area contributed by atoms with Gasteiger partial charge in [-0.2, -0.15) is 0 Å². The van der Waals surface area contributed by atoms with Crippen molar-refractivity contribution in [2.75, 3.05) is 33.4 Å². The first kappa shape index (κ1) is 16.9. The van der Waals surface area contributed by atoms with Crippen molar-refractivity contribution in [2.45, 2.75) is 58.4 Å². The molecular weight excluding hydrogens is 236 g/mol. The van der Waals surface area contributed by atoms with E-state index in [0.717, 1.165) is 32.2 Å². The van der Waals surface area contributed by atoms with Crippen molar-refractivity contribution in [3.8, 4) is 0 Å². The highest BCUT2D eigenvalue weighted by molar-refractivity contribution is 4.94. The van der Waals surface area contributed by atoms with E-state index in [1.54, 1.807) is 7.11 Å². The van der Waals surface area contributed by atoms with Crippen molar-refractivity contribution < 1.29 is 4.74 Å². The second-order valence-electron chi connectivity index (χ2n) is 6.80. The lowest BCUT2D eigenvalue weighted by atomic mass is 9.87. The molecule has 0 bridgehead atoms. The number of hydrogen-bond acceptors (Lipinski definition) is 3. The standard InChI is InChI=1S/C16H34N2O/c1-14(2)12-18(10-11-19-4)16(13-17)8-5-6-15(3)7-9-16/h14-15H,5-13,17H2,1-4H3. The van der Waals surface area contributed by atoms with Crippen LogP contribution in [0.1, 0.15) is 52.9 Å². The largest absolute Gasteiger partial charge is 0.383 e. The van der Waals surface area contributed by atoms with Gasteiger partial charge < -0.3 is 10.5 Å². The highest BCUT2D eigenvalue weighted by Crippen LogP contribution is 2.34. The van der Waals surface area contributed by atoms with Crippen molar-refractivity contribution in [2.24, 2.45) is 17.6 Å². The molecule has 0 heterocycles. The fraction of sp³-hybridized carbons (Fsp3) is 1.00. The van der Waals surface area contributed by atoms with E-state index < -0.39 is 0 Å². The average Bonchev–Trinajstić information content (AvgIpc) is 2.57. The lowest BCUT2D eigenvalue weighted by molar-refractivity contribution is 0.0387. The minimum absolute atomic E-state index is 0.216. The number of rotatable bonds is 7. The van der Waals surface area contributed by atoms with Gasteiger partial charge in [-0.15, -0.1) is 0 Å². The van der Waals surface area contributed by atoms with Crippen molar-refractivity contribution >= 4 is 0 Å². The molecule has 0 aliphatic heterocycles. The third-order valence-corrected chi connectivity index (χ3v) is 4.64. The van der Waals surface area contributed by atoms with Crippen LogP contribution in [0.15, 0.2) is 0 Å². The normalized spacial score (nSPS) is 28.9. The Morgan fingerprint density at radius 1 is 1.32 bits per heavy atom. The Balaban J connectivity index is 2.78. The quantitative estimate of drug-likeness (QED) is 0.723. The van der Waals surface area contributed by atoms with Gasteiger partial charge in [-0.3, -0.25) is 4.90 Å². The molecule has 0 aromatic rings. The van der Waals surface area contributed by atoms with E-state index in [1.165, 1.54) is 32.1 Å². The lowest BCUT2D eigenvalue weighted by Crippen LogP contribution is -2.55. The van der Waals surface area contributed by atoms with Crippen molar-refractivity contribution in [1.82, 2.24) is 4.90 Å². The molecule has 1 fully saturated rings. The van der Waals surface area contributed by atoms with Gasteiger partial charge in [0, 0.05) is 32.3 Å². The van der Waals surface area contributed by atoms with Crippen LogP contribution in [0.5, 0.6) is 0 Å². The fourth-order valence-electron chi connectivity index (χ4n) is 3.38. The molecule has 3 nitrogen and oxygen atoms in total. The summed E-state index contributed by atoms with van der Waals surface area (Å²) in [6.07, 6.45) is 6.51. The molecule has 0 aromatic carbocycles. The maximum Gasteiger partial charge on any atom is 0.0589 e. The average molecular weight is 270 g/mol. The van der Waals surface area contributed by atoms with Crippen LogP contribution in [0.3, 0.4) is 0 Å². The van der Waals surface area contributed by atoms with E-state index in [1.807, 2.05) is 0 Å². The molecule has 0 saturated heterocycles. The SMILES string of the molecule is COCCN(CC(C)C)C1(CN)CCCC(C)CC1. The molecule has 1 aliphatic carbocycles. The molecule has 1 saturated carbocycles. The van der Waals surface area contributed by atoms with Gasteiger partial charge in [0.25, 0.3) is 0 Å². The maximum atomic E-state index is 6.22. The summed E-state index contributed by atoms with van der Waals surface area (Å²) < 4.78 is 5.30. The summed E-state index contributed by atoms with van der Waals surface area (Å²) in [4.78, 5) is 2.62. The molecule has 19 heavy (non-hydrogen) atoms. The van der Waals surface area contributed by atoms with E-state index in [9.17, 15) is 0 Å². The van der Waals surface area contributed by atoms with Crippen LogP contribution in [-0.2, 0) is 4.74 Å². The summed E-state index contributed by atoms with van der Waals surface area (Å²) in [5, 5.41) is 0. The zero-order valence-corrected chi connectivity index (χ0v) is 13.5. The molecule has 0 radical (unpaired) electrons. The van der Waals surface area contributed by atoms with Crippen LogP contribution in [-0.4, -0.2) is 43.8 Å². The van der Waals surface area contributed by atoms with E-state index in [0.29, 0.717) is 5.92 Å². The molecule has 2 unspecified atom stereocenters. The number of hydrogen-bond donors (Lipinski definition) is 1. The van der Waals surface area contributed by atoms with E-state index in [4.69, 9.17) is 10.5 Å². The van der Waals surface area contributed by atoms with Crippen LogP contribution in [0.2, 0.25) is 0 Å². The molecule has 3 heteroatoms. The molecule has 1 rings (SSSR count). The second kappa shape index (κ2) is 8.23. The van der Waals surface area contributed by atoms with Crippen molar-refractivity contribution in [3.05, 3.63) is 0 Å². The van der Waals surface area contributed by atoms with Crippen LogP contribution < -0.4 is 5.73 Å². The summed E-state index contributed by atoms with van der Waals surface area (Å²) in [5.41, 5.74) is 6.43. The first-order valence-electron chi connectivity index (χ1n) is 7.98. The Hall–Kier alpha value is -0.120. The van der Waals surface area contributed by atoms with Gasteiger partial charge in [0.2, 0.25) is 0 Å². The number of ether oxygens (including phenoxy) is 1. The van der Waals surface area contributed by atoms with Gasteiger partial charge in [-0.1, -0.05) is 33.6 Å². The first-order chi connectivity index (χ1) is 9.04. The number of nitrogens with zero attached hydrogens (tertiary/aromatic N) is 1. The summed E-state index contributed by atoms with van der Waals surface area (Å²) >= 11 is 0. The van der Waals surface area contributed by atoms with Crippen molar-refractivity contribution in [3.63, 3.8) is 0 Å². The van der Waals surface area contributed by atoms with E-state index in [-0.39, 0.29) is 5.54 Å². The minimum Gasteiger partial charge on any atom is -0.383 e. The predicted molar refractivity (Wildman–Crippen MR) is 82.3 cm³/mol. The van der Waals surface area contributed by atoms with Gasteiger partial charge in [-0.25, -0.2) is 0 Å². The van der Waals surface area contributed by atoms with E-state index in [2.05, 4.69) is 25.7 Å². The van der Waals surface area contributed by atoms with E-state index >= 15 is 0 Å². The van der Waals surface area contributed by atoms with Crippen LogP contribution in [0, 0.1) is 11.8 Å². The highest BCUT2D eigenvalue weighted by Gasteiger charge is 2.36. The smallest absolute Gasteiger partial charge is 0.0589 e. The highest BCUT2D eigenvalue weighted by atomic mass is 16.5. The molecular formula is C16H34N2O. The molecule has 2 N–H and O–H groups in total. The Kier molecular flexibility index (Phi) is 7.33. The number of methoxy groups -OCH3 is 1.